The molecule has 18 atom stereocenters. The third-order valence-electron chi connectivity index (χ3n) is 15.6. The molecule has 0 aliphatic carbocycles. The Morgan fingerprint density at radius 2 is 1.55 bits per heavy atom. The first-order valence-electron chi connectivity index (χ1n) is 25.9. The monoisotopic (exact) mass is 1170 g/mol. The van der Waals surface area contributed by atoms with Crippen LogP contribution in [0.3, 0.4) is 0 Å². The SMILES string of the molecule is CCN(CC)CCCO[C@H]1[C@H](C)O[C@@H](O[C@H]2[C@H](C)[C@@H](O[C@@H]3O[C@H](C)C[C@H](N(C)C)[C@H]3OC(C)=O)[C@](C)(OC)C[C@@H](C)/C(=N\OCc3ccccc3Cl)[C@H](C)[C@H]3OC(=O)O[C@]3(C)[C@@H](I)OC(=O)[C@@H]2C)C[C@@]1(C)OC. The van der Waals surface area contributed by atoms with Gasteiger partial charge in [0.2, 0.25) is 0 Å². The first kappa shape index (κ1) is 61.4. The molecule has 0 bridgehead atoms. The number of likely N-dealkylation sites (N-methyl/N-ethyl adjacent to an activating group) is 1. The Morgan fingerprint density at radius 1 is 0.890 bits per heavy atom. The number of alkyl halides is 1. The molecule has 4 fully saturated rings. The molecule has 4 saturated heterocycles. The third kappa shape index (κ3) is 14.8. The number of fused-ring (bicyclic) bond motifs is 1. The molecule has 0 unspecified atom stereocenters. The Labute approximate surface area is 452 Å². The highest BCUT2D eigenvalue weighted by Crippen LogP contribution is 2.45. The normalized spacial score (nSPS) is 39.3. The molecule has 0 spiro atoms. The van der Waals surface area contributed by atoms with Crippen molar-refractivity contribution in [2.75, 3.05) is 54.6 Å². The number of carbonyl (C=O) groups is 3. The van der Waals surface area contributed by atoms with Gasteiger partial charge in [0.25, 0.3) is 0 Å². The van der Waals surface area contributed by atoms with Crippen LogP contribution >= 0.6 is 34.2 Å². The Bertz CT molecular complexity index is 2000. The molecule has 18 nitrogen and oxygen atoms in total. The smallest absolute Gasteiger partial charge is 0.455 e. The summed E-state index contributed by atoms with van der Waals surface area (Å²) in [6, 6.07) is 7.03. The number of esters is 2. The van der Waals surface area contributed by atoms with E-state index in [0.29, 0.717) is 23.8 Å². The topological polar surface area (TPSA) is 181 Å². The van der Waals surface area contributed by atoms with Crippen LogP contribution in [0, 0.1) is 23.7 Å². The lowest BCUT2D eigenvalue weighted by Crippen LogP contribution is -2.62. The predicted octanol–water partition coefficient (Wildman–Crippen LogP) is 8.59. The third-order valence-corrected chi connectivity index (χ3v) is 17.4. The van der Waals surface area contributed by atoms with Gasteiger partial charge < -0.3 is 66.7 Å². The van der Waals surface area contributed by atoms with E-state index in [1.807, 2.05) is 108 Å². The van der Waals surface area contributed by atoms with E-state index in [2.05, 4.69) is 18.7 Å². The second-order valence-electron chi connectivity index (χ2n) is 21.2. The summed E-state index contributed by atoms with van der Waals surface area (Å²) in [6.45, 7) is 26.0. The Hall–Kier alpha value is -2.44. The maximum Gasteiger partial charge on any atom is 0.509 e. The highest BCUT2D eigenvalue weighted by molar-refractivity contribution is 14.1. The van der Waals surface area contributed by atoms with E-state index >= 15 is 0 Å². The van der Waals surface area contributed by atoms with Gasteiger partial charge in [-0.2, -0.15) is 0 Å². The average Bonchev–Trinajstić information content (AvgIpc) is 3.66. The van der Waals surface area contributed by atoms with Crippen molar-refractivity contribution < 1.29 is 71.3 Å². The lowest BCUT2D eigenvalue weighted by molar-refractivity contribution is -0.322. The molecule has 4 aliphatic rings. The molecular formula is C53H85ClIN3O15. The van der Waals surface area contributed by atoms with Crippen LogP contribution in [0.15, 0.2) is 29.4 Å². The number of hydrogen-bond donors (Lipinski definition) is 0. The van der Waals surface area contributed by atoms with Crippen LogP contribution in [-0.2, 0) is 73.1 Å². The van der Waals surface area contributed by atoms with Crippen LogP contribution in [0.1, 0.15) is 114 Å². The van der Waals surface area contributed by atoms with Gasteiger partial charge in [-0.25, -0.2) is 4.79 Å². The van der Waals surface area contributed by atoms with E-state index in [4.69, 9.17) is 73.7 Å². The van der Waals surface area contributed by atoms with Crippen molar-refractivity contribution in [3.8, 4) is 0 Å². The van der Waals surface area contributed by atoms with E-state index < -0.39 is 112 Å². The molecule has 4 heterocycles. The number of methoxy groups -OCH3 is 2. The minimum absolute atomic E-state index is 0.0455. The molecular weight excluding hydrogens is 1080 g/mol. The fraction of sp³-hybridized carbons (Fsp3) is 0.811. The van der Waals surface area contributed by atoms with Crippen LogP contribution in [0.5, 0.6) is 0 Å². The number of hydrogen-bond acceptors (Lipinski definition) is 18. The Kier molecular flexibility index (Phi) is 22.5. The molecule has 0 saturated carbocycles. The fourth-order valence-corrected chi connectivity index (χ4v) is 12.1. The number of benzene rings is 1. The van der Waals surface area contributed by atoms with Crippen molar-refractivity contribution in [3.63, 3.8) is 0 Å². The van der Waals surface area contributed by atoms with Gasteiger partial charge in [-0.3, -0.25) is 9.59 Å². The van der Waals surface area contributed by atoms with Crippen LogP contribution < -0.4 is 0 Å². The van der Waals surface area contributed by atoms with Gasteiger partial charge >= 0.3 is 18.1 Å². The minimum Gasteiger partial charge on any atom is -0.455 e. The van der Waals surface area contributed by atoms with Crippen molar-refractivity contribution >= 4 is 58.0 Å². The van der Waals surface area contributed by atoms with Crippen molar-refractivity contribution in [1.29, 1.82) is 0 Å². The highest BCUT2D eigenvalue weighted by Gasteiger charge is 2.59. The predicted molar refractivity (Wildman–Crippen MR) is 282 cm³/mol. The summed E-state index contributed by atoms with van der Waals surface area (Å²) in [6.07, 6.45) is -6.08. The average molecular weight is 1170 g/mol. The van der Waals surface area contributed by atoms with Crippen molar-refractivity contribution in [1.82, 2.24) is 9.80 Å². The first-order chi connectivity index (χ1) is 34.4. The van der Waals surface area contributed by atoms with Gasteiger partial charge in [-0.05, 0) is 117 Å². The maximum atomic E-state index is 14.9. The summed E-state index contributed by atoms with van der Waals surface area (Å²) >= 11 is 8.52. The molecule has 73 heavy (non-hydrogen) atoms. The molecule has 20 heteroatoms. The van der Waals surface area contributed by atoms with Gasteiger partial charge in [0.15, 0.2) is 34.5 Å². The Morgan fingerprint density at radius 3 is 2.16 bits per heavy atom. The number of carbonyl (C=O) groups excluding carboxylic acids is 3. The number of halogens is 2. The molecule has 0 aromatic heterocycles. The molecule has 4 aliphatic heterocycles. The van der Waals surface area contributed by atoms with Gasteiger partial charge in [-0.15, -0.1) is 0 Å². The summed E-state index contributed by atoms with van der Waals surface area (Å²) in [4.78, 5) is 51.5. The van der Waals surface area contributed by atoms with Gasteiger partial charge in [0.05, 0.1) is 53.3 Å². The summed E-state index contributed by atoms with van der Waals surface area (Å²) in [5, 5.41) is 5.29. The zero-order valence-corrected chi connectivity index (χ0v) is 49.0. The van der Waals surface area contributed by atoms with Crippen LogP contribution in [-0.4, -0.2) is 170 Å². The van der Waals surface area contributed by atoms with Crippen LogP contribution in [0.4, 0.5) is 4.79 Å². The number of nitrogens with zero attached hydrogens (tertiary/aromatic N) is 3. The standard InChI is InChI=1S/C53H85ClIN3O15/c1-17-58(18-2)24-21-25-64-46-35(8)67-40(28-52(46,11)63-16)69-42-33(6)44(70-48-43(68-36(9)59)39(57(13)14)26-31(4)66-48)51(10,62-15)27-30(3)41(56-65-29-37-22-19-20-23-38(37)54)32(5)45-53(12,73-50(61)71-45)49(55)72-47(60)34(42)7/h19-20,22-23,30-35,39-40,42-46,48-49H,17-18,21,24-29H2,1-16H3/b56-41+/t30-,31-,32+,33+,34-,35+,39+,40+,42+,43-,44-,45-,46+,48+,49+,51-,52-,53+/m1/s1. The number of cyclic esters (lactones) is 1. The van der Waals surface area contributed by atoms with E-state index in [0.717, 1.165) is 31.6 Å². The highest BCUT2D eigenvalue weighted by atomic mass is 127. The van der Waals surface area contributed by atoms with Crippen molar-refractivity contribution in [2.45, 2.75) is 198 Å². The van der Waals surface area contributed by atoms with Gasteiger partial charge in [0.1, 0.15) is 12.7 Å². The minimum atomic E-state index is -1.48. The maximum absolute atomic E-state index is 14.9. The quantitative estimate of drug-likeness (QED) is 0.0340. The van der Waals surface area contributed by atoms with Gasteiger partial charge in [-0.1, -0.05) is 69.6 Å². The molecule has 416 valence electrons. The van der Waals surface area contributed by atoms with Crippen molar-refractivity contribution in [3.05, 3.63) is 34.9 Å². The summed E-state index contributed by atoms with van der Waals surface area (Å²) in [7, 11) is 7.10. The van der Waals surface area contributed by atoms with Crippen molar-refractivity contribution in [2.24, 2.45) is 28.8 Å². The zero-order chi connectivity index (χ0) is 54.2. The van der Waals surface area contributed by atoms with E-state index in [9.17, 15) is 14.4 Å². The Balaban J connectivity index is 1.64. The van der Waals surface area contributed by atoms with Crippen LogP contribution in [0.2, 0.25) is 5.02 Å². The van der Waals surface area contributed by atoms with Gasteiger partial charge in [0, 0.05) is 69.1 Å². The zero-order valence-electron chi connectivity index (χ0n) is 46.1. The second-order valence-corrected chi connectivity index (χ2v) is 22.8. The molecule has 0 N–H and O–H groups in total. The van der Waals surface area contributed by atoms with Crippen LogP contribution in [0.25, 0.3) is 0 Å². The summed E-state index contributed by atoms with van der Waals surface area (Å²) < 4.78 is 70.5. The number of oxime groups is 1. The van der Waals surface area contributed by atoms with E-state index in [1.165, 1.54) is 6.92 Å². The van der Waals surface area contributed by atoms with E-state index in [-0.39, 0.29) is 31.6 Å². The molecule has 0 amide bonds. The lowest BCUT2D eigenvalue weighted by Gasteiger charge is -2.50. The summed E-state index contributed by atoms with van der Waals surface area (Å²) in [5.74, 6) is -3.99. The van der Waals surface area contributed by atoms with E-state index in [1.54, 1.807) is 34.1 Å². The second kappa shape index (κ2) is 26.7. The fourth-order valence-electron chi connectivity index (χ4n) is 11.2. The number of rotatable bonds is 18. The largest absolute Gasteiger partial charge is 0.509 e. The lowest BCUT2D eigenvalue weighted by atomic mass is 9.74. The molecule has 0 radical (unpaired) electrons. The summed E-state index contributed by atoms with van der Waals surface area (Å²) in [5.41, 5.74) is -2.36. The molecule has 1 aromatic rings. The number of ether oxygens (including phenoxy) is 11. The molecule has 1 aromatic carbocycles. The molecule has 5 rings (SSSR count). The first-order valence-corrected chi connectivity index (χ1v) is 27.6.